The van der Waals surface area contributed by atoms with Crippen LogP contribution in [0.3, 0.4) is 0 Å². The Balaban J connectivity index is 1.74. The highest BCUT2D eigenvalue weighted by molar-refractivity contribution is 5.79. The first-order valence-corrected chi connectivity index (χ1v) is 8.77. The maximum absolute atomic E-state index is 12.6. The van der Waals surface area contributed by atoms with Crippen LogP contribution < -0.4 is 0 Å². The molecule has 0 N–H and O–H groups in total. The van der Waals surface area contributed by atoms with E-state index in [0.717, 1.165) is 19.4 Å². The predicted molar refractivity (Wildman–Crippen MR) is 97.7 cm³/mol. The van der Waals surface area contributed by atoms with Crippen LogP contribution in [0.25, 0.3) is 0 Å². The van der Waals surface area contributed by atoms with Gasteiger partial charge in [0.1, 0.15) is 0 Å². The topological polar surface area (TPSA) is 25.2 Å². The first-order valence-electron chi connectivity index (χ1n) is 8.77. The van der Waals surface area contributed by atoms with Gasteiger partial charge in [0.15, 0.2) is 0 Å². The number of benzene rings is 1. The van der Waals surface area contributed by atoms with Crippen molar-refractivity contribution in [3.8, 4) is 0 Å². The van der Waals surface area contributed by atoms with E-state index in [1.54, 1.807) is 0 Å². The van der Waals surface area contributed by atoms with Crippen LogP contribution in [0.1, 0.15) is 36.1 Å². The van der Waals surface area contributed by atoms with Gasteiger partial charge in [-0.1, -0.05) is 36.8 Å². The lowest BCUT2D eigenvalue weighted by Crippen LogP contribution is -2.39. The molecule has 3 rings (SSSR count). The molecule has 1 heterocycles. The van der Waals surface area contributed by atoms with Gasteiger partial charge in [-0.15, -0.1) is 6.58 Å². The average Bonchev–Trinajstić information content (AvgIpc) is 2.94. The van der Waals surface area contributed by atoms with Crippen LogP contribution in [0.4, 0.5) is 0 Å². The van der Waals surface area contributed by atoms with Gasteiger partial charge < -0.3 is 9.47 Å². The molecule has 126 valence electrons. The molecule has 3 nitrogen and oxygen atoms in total. The lowest BCUT2D eigenvalue weighted by molar-refractivity contribution is -0.138. The third-order valence-corrected chi connectivity index (χ3v) is 4.99. The maximum Gasteiger partial charge on any atom is 0.226 e. The summed E-state index contributed by atoms with van der Waals surface area (Å²) < 4.78 is 2.24. The van der Waals surface area contributed by atoms with Crippen LogP contribution in [-0.2, 0) is 17.9 Å². The minimum absolute atomic E-state index is 0.227. The molecule has 1 aromatic heterocycles. The lowest BCUT2D eigenvalue weighted by atomic mass is 9.84. The summed E-state index contributed by atoms with van der Waals surface area (Å²) in [7, 11) is 0. The molecule has 0 saturated heterocycles. The van der Waals surface area contributed by atoms with Crippen molar-refractivity contribution in [2.24, 2.45) is 5.92 Å². The number of carbonyl (C=O) groups is 1. The fourth-order valence-corrected chi connectivity index (χ4v) is 3.22. The normalized spacial score (nSPS) is 14.2. The minimum atomic E-state index is 0.227. The Morgan fingerprint density at radius 1 is 1.29 bits per heavy atom. The van der Waals surface area contributed by atoms with Crippen LogP contribution in [0.5, 0.6) is 0 Å². The second-order valence-corrected chi connectivity index (χ2v) is 6.69. The summed E-state index contributed by atoms with van der Waals surface area (Å²) in [5, 5.41) is 0. The van der Waals surface area contributed by atoms with Crippen LogP contribution >= 0.6 is 0 Å². The molecule has 1 fully saturated rings. The molecular weight excluding hydrogens is 296 g/mol. The van der Waals surface area contributed by atoms with Crippen LogP contribution in [0.2, 0.25) is 0 Å². The first kappa shape index (κ1) is 16.6. The summed E-state index contributed by atoms with van der Waals surface area (Å²) in [4.78, 5) is 14.6. The van der Waals surface area contributed by atoms with Crippen molar-refractivity contribution in [3.05, 3.63) is 72.1 Å². The number of carbonyl (C=O) groups excluding carboxylic acids is 1. The first-order chi connectivity index (χ1) is 11.7. The van der Waals surface area contributed by atoms with Gasteiger partial charge in [-0.3, -0.25) is 4.79 Å². The van der Waals surface area contributed by atoms with Crippen molar-refractivity contribution >= 4 is 5.91 Å². The Morgan fingerprint density at radius 3 is 2.75 bits per heavy atom. The number of hydrogen-bond acceptors (Lipinski definition) is 1. The van der Waals surface area contributed by atoms with Gasteiger partial charge in [-0.25, -0.2) is 0 Å². The van der Waals surface area contributed by atoms with Gasteiger partial charge in [0.2, 0.25) is 5.91 Å². The SMILES string of the molecule is C=CCN(Cc1cccn1Cc1ccccc1C)C(=O)C1CCC1. The molecule has 1 aliphatic carbocycles. The van der Waals surface area contributed by atoms with Crippen molar-refractivity contribution < 1.29 is 4.79 Å². The number of aryl methyl sites for hydroxylation is 1. The summed E-state index contributed by atoms with van der Waals surface area (Å²) in [6, 6.07) is 12.6. The zero-order chi connectivity index (χ0) is 16.9. The molecule has 1 aromatic carbocycles. The standard InChI is InChI=1S/C21H26N2O/c1-3-13-23(21(24)18-10-6-11-18)16-20-12-7-14-22(20)15-19-9-5-4-8-17(19)2/h3-5,7-9,12,14,18H,1,6,10-11,13,15-16H2,2H3. The molecule has 1 saturated carbocycles. The van der Waals surface area contributed by atoms with Gasteiger partial charge in [-0.2, -0.15) is 0 Å². The Bertz CT molecular complexity index is 712. The highest BCUT2D eigenvalue weighted by Gasteiger charge is 2.29. The largest absolute Gasteiger partial charge is 0.345 e. The van der Waals surface area contributed by atoms with E-state index >= 15 is 0 Å². The minimum Gasteiger partial charge on any atom is -0.345 e. The zero-order valence-electron chi connectivity index (χ0n) is 14.4. The van der Waals surface area contributed by atoms with Gasteiger partial charge >= 0.3 is 0 Å². The predicted octanol–water partition coefficient (Wildman–Crippen LogP) is 4.16. The zero-order valence-corrected chi connectivity index (χ0v) is 14.4. The lowest BCUT2D eigenvalue weighted by Gasteiger charge is -2.31. The molecule has 0 spiro atoms. The van der Waals surface area contributed by atoms with Crippen LogP contribution in [0.15, 0.2) is 55.3 Å². The van der Waals surface area contributed by atoms with Gasteiger partial charge in [0.05, 0.1) is 6.54 Å². The number of hydrogen-bond donors (Lipinski definition) is 0. The van der Waals surface area contributed by atoms with Crippen molar-refractivity contribution in [2.45, 2.75) is 39.3 Å². The highest BCUT2D eigenvalue weighted by Crippen LogP contribution is 2.29. The molecule has 3 heteroatoms. The molecule has 1 amide bonds. The summed E-state index contributed by atoms with van der Waals surface area (Å²) in [5.74, 6) is 0.509. The van der Waals surface area contributed by atoms with Gasteiger partial charge in [0.25, 0.3) is 0 Å². The Labute approximate surface area is 144 Å². The summed E-state index contributed by atoms with van der Waals surface area (Å²) in [5.41, 5.74) is 3.79. The third kappa shape index (κ3) is 3.61. The summed E-state index contributed by atoms with van der Waals surface area (Å²) in [6.45, 7) is 8.07. The van der Waals surface area contributed by atoms with E-state index in [-0.39, 0.29) is 11.8 Å². The molecule has 1 aliphatic rings. The molecule has 0 aliphatic heterocycles. The average molecular weight is 322 g/mol. The van der Waals surface area contributed by atoms with Crippen molar-refractivity contribution in [2.75, 3.05) is 6.54 Å². The molecule has 0 unspecified atom stereocenters. The highest BCUT2D eigenvalue weighted by atomic mass is 16.2. The quantitative estimate of drug-likeness (QED) is 0.703. The van der Waals surface area contributed by atoms with Crippen molar-refractivity contribution in [3.63, 3.8) is 0 Å². The molecule has 2 aromatic rings. The van der Waals surface area contributed by atoms with E-state index < -0.39 is 0 Å². The van der Waals surface area contributed by atoms with E-state index in [2.05, 4.69) is 60.7 Å². The molecule has 24 heavy (non-hydrogen) atoms. The second kappa shape index (κ2) is 7.52. The van der Waals surface area contributed by atoms with Gasteiger partial charge in [-0.05, 0) is 43.0 Å². The maximum atomic E-state index is 12.6. The Kier molecular flexibility index (Phi) is 5.19. The molecule has 0 bridgehead atoms. The second-order valence-electron chi connectivity index (χ2n) is 6.69. The third-order valence-electron chi connectivity index (χ3n) is 4.99. The Hall–Kier alpha value is -2.29. The molecule has 0 atom stereocenters. The van der Waals surface area contributed by atoms with Crippen LogP contribution in [-0.4, -0.2) is 21.9 Å². The number of rotatable bonds is 7. The van der Waals surface area contributed by atoms with E-state index in [1.165, 1.54) is 23.2 Å². The molecule has 0 radical (unpaired) electrons. The Morgan fingerprint density at radius 2 is 2.08 bits per heavy atom. The van der Waals surface area contributed by atoms with E-state index in [1.807, 2.05) is 11.0 Å². The summed E-state index contributed by atoms with van der Waals surface area (Å²) in [6.07, 6.45) is 7.18. The summed E-state index contributed by atoms with van der Waals surface area (Å²) >= 11 is 0. The van der Waals surface area contributed by atoms with E-state index in [0.29, 0.717) is 13.1 Å². The van der Waals surface area contributed by atoms with E-state index in [4.69, 9.17) is 0 Å². The van der Waals surface area contributed by atoms with Crippen molar-refractivity contribution in [1.29, 1.82) is 0 Å². The smallest absolute Gasteiger partial charge is 0.226 e. The number of nitrogens with zero attached hydrogens (tertiary/aromatic N) is 2. The van der Waals surface area contributed by atoms with Gasteiger partial charge in [0, 0.05) is 30.9 Å². The van der Waals surface area contributed by atoms with Crippen LogP contribution in [0, 0.1) is 12.8 Å². The number of aromatic nitrogens is 1. The molecular formula is C21H26N2O. The van der Waals surface area contributed by atoms with E-state index in [9.17, 15) is 4.79 Å². The van der Waals surface area contributed by atoms with Crippen molar-refractivity contribution in [1.82, 2.24) is 9.47 Å². The fourth-order valence-electron chi connectivity index (χ4n) is 3.22. The number of amides is 1. The fraction of sp³-hybridized carbons (Fsp3) is 0.381. The monoisotopic (exact) mass is 322 g/mol.